The van der Waals surface area contributed by atoms with Gasteiger partial charge < -0.3 is 15.6 Å². The highest BCUT2D eigenvalue weighted by atomic mass is 32.2. The van der Waals surface area contributed by atoms with Gasteiger partial charge in [0.05, 0.1) is 7.11 Å². The molecule has 2 aliphatic heterocycles. The molecule has 1 amide bonds. The van der Waals surface area contributed by atoms with E-state index in [1.54, 1.807) is 0 Å². The topological polar surface area (TPSA) is 154 Å². The number of methoxy groups -OCH3 is 1. The van der Waals surface area contributed by atoms with Gasteiger partial charge in [0.2, 0.25) is 11.1 Å². The van der Waals surface area contributed by atoms with E-state index in [1.807, 2.05) is 0 Å². The molecule has 0 radical (unpaired) electrons. The van der Waals surface area contributed by atoms with Gasteiger partial charge in [-0.3, -0.25) is 14.5 Å². The van der Waals surface area contributed by atoms with Crippen LogP contribution in [-0.4, -0.2) is 78.1 Å². The van der Waals surface area contributed by atoms with Gasteiger partial charge in [0.15, 0.2) is 0 Å². The Balaban J connectivity index is 1.76. The lowest BCUT2D eigenvalue weighted by Gasteiger charge is -2.48. The average Bonchev–Trinajstić information content (AvgIpc) is 3.04. The van der Waals surface area contributed by atoms with Crippen molar-refractivity contribution in [2.24, 2.45) is 5.73 Å². The lowest BCUT2D eigenvalue weighted by atomic mass is 10.0. The summed E-state index contributed by atoms with van der Waals surface area (Å²) in [6.07, 6.45) is 0. The van der Waals surface area contributed by atoms with Crippen molar-refractivity contribution in [3.05, 3.63) is 11.3 Å². The molecule has 2 atom stereocenters. The fourth-order valence-corrected chi connectivity index (χ4v) is 4.74. The average molecular weight is 386 g/mol. The van der Waals surface area contributed by atoms with Crippen LogP contribution in [0.2, 0.25) is 0 Å². The minimum atomic E-state index is -1.17. The van der Waals surface area contributed by atoms with Crippen molar-refractivity contribution < 1.29 is 24.2 Å². The Labute approximate surface area is 149 Å². The molecule has 0 aliphatic carbocycles. The lowest BCUT2D eigenvalue weighted by molar-refractivity contribution is -0.147. The van der Waals surface area contributed by atoms with Gasteiger partial charge in [-0.25, -0.2) is 9.48 Å². The summed E-state index contributed by atoms with van der Waals surface area (Å²) in [6.45, 7) is -0.146. The van der Waals surface area contributed by atoms with Crippen LogP contribution in [0.5, 0.6) is 0 Å². The monoisotopic (exact) mass is 386 g/mol. The van der Waals surface area contributed by atoms with E-state index < -0.39 is 23.9 Å². The van der Waals surface area contributed by atoms with Crippen LogP contribution in [0.3, 0.4) is 0 Å². The number of β-lactam (4-membered cyclic amide) rings is 1. The summed E-state index contributed by atoms with van der Waals surface area (Å²) in [7, 11) is 1.26. The van der Waals surface area contributed by atoms with Crippen molar-refractivity contribution in [1.82, 2.24) is 25.1 Å². The second-order valence-corrected chi connectivity index (χ2v) is 7.22. The number of aromatic nitrogens is 4. The van der Waals surface area contributed by atoms with E-state index in [0.717, 1.165) is 0 Å². The Bertz CT molecular complexity index is 765. The molecule has 3 heterocycles. The molecule has 1 aromatic heterocycles. The number of hydrogen-bond acceptors (Lipinski definition) is 10. The van der Waals surface area contributed by atoms with Crippen LogP contribution in [0.4, 0.5) is 0 Å². The number of tetrazole rings is 1. The molecule has 13 heteroatoms. The zero-order valence-electron chi connectivity index (χ0n) is 13.0. The molecule has 1 saturated heterocycles. The molecule has 0 bridgehead atoms. The summed E-state index contributed by atoms with van der Waals surface area (Å²) in [6, 6.07) is -0.666. The molecular formula is C12H14N6O5S2. The molecule has 25 heavy (non-hydrogen) atoms. The largest absolute Gasteiger partial charge is 0.477 e. The van der Waals surface area contributed by atoms with Crippen molar-refractivity contribution >= 4 is 41.4 Å². The van der Waals surface area contributed by atoms with Crippen molar-refractivity contribution in [3.63, 3.8) is 0 Å². The second kappa shape index (κ2) is 7.01. The van der Waals surface area contributed by atoms with Gasteiger partial charge in [0.1, 0.15) is 23.7 Å². The highest BCUT2D eigenvalue weighted by Gasteiger charge is 2.51. The van der Waals surface area contributed by atoms with E-state index in [-0.39, 0.29) is 23.4 Å². The zero-order chi connectivity index (χ0) is 18.1. The third kappa shape index (κ3) is 3.21. The van der Waals surface area contributed by atoms with Crippen molar-refractivity contribution in [2.75, 3.05) is 18.6 Å². The predicted octanol–water partition coefficient (Wildman–Crippen LogP) is -1.48. The number of rotatable bonds is 6. The van der Waals surface area contributed by atoms with E-state index in [9.17, 15) is 19.5 Å². The molecule has 3 rings (SSSR count). The van der Waals surface area contributed by atoms with E-state index in [0.29, 0.717) is 16.5 Å². The number of amides is 1. The number of thioether (sulfide) groups is 2. The molecular weight excluding hydrogens is 372 g/mol. The van der Waals surface area contributed by atoms with Crippen LogP contribution in [0, 0.1) is 0 Å². The highest BCUT2D eigenvalue weighted by molar-refractivity contribution is 8.01. The maximum absolute atomic E-state index is 11.9. The molecule has 3 N–H and O–H groups in total. The summed E-state index contributed by atoms with van der Waals surface area (Å²) < 4.78 is 5.83. The Hall–Kier alpha value is -2.12. The first-order valence-electron chi connectivity index (χ1n) is 7.05. The smallest absolute Gasteiger partial charge is 0.352 e. The summed E-state index contributed by atoms with van der Waals surface area (Å²) in [5.74, 6) is -1.36. The first kappa shape index (κ1) is 17.7. The molecule has 1 aromatic rings. The fourth-order valence-electron chi connectivity index (χ4n) is 2.43. The number of esters is 1. The number of aliphatic carboxylic acids is 1. The van der Waals surface area contributed by atoms with Crippen LogP contribution in [0.25, 0.3) is 0 Å². The Morgan fingerprint density at radius 3 is 2.96 bits per heavy atom. The van der Waals surface area contributed by atoms with Crippen molar-refractivity contribution in [2.45, 2.75) is 23.1 Å². The van der Waals surface area contributed by atoms with Crippen molar-refractivity contribution in [3.8, 4) is 0 Å². The van der Waals surface area contributed by atoms with Gasteiger partial charge in [-0.15, -0.1) is 16.9 Å². The minimum absolute atomic E-state index is 0.0325. The maximum Gasteiger partial charge on any atom is 0.352 e. The number of hydrogen-bond donors (Lipinski definition) is 2. The van der Waals surface area contributed by atoms with E-state index >= 15 is 0 Å². The lowest BCUT2D eigenvalue weighted by Crippen LogP contribution is -2.68. The van der Waals surface area contributed by atoms with Gasteiger partial charge in [-0.05, 0) is 16.0 Å². The van der Waals surface area contributed by atoms with E-state index in [1.165, 1.54) is 40.2 Å². The number of carbonyl (C=O) groups is 3. The summed E-state index contributed by atoms with van der Waals surface area (Å²) in [5, 5.41) is 20.5. The summed E-state index contributed by atoms with van der Waals surface area (Å²) in [5.41, 5.74) is 6.25. The molecule has 11 nitrogen and oxygen atoms in total. The maximum atomic E-state index is 11.9. The number of carboxylic acid groups (broad SMARTS) is 1. The third-order valence-corrected chi connectivity index (χ3v) is 6.08. The van der Waals surface area contributed by atoms with E-state index in [4.69, 9.17) is 5.73 Å². The standard InChI is InChI=1S/C12H14N6O5S2/c1-23-6(19)2-17-12(14-15-16-17)25-4-5-3-24-10-7(13)9(20)18(10)8(5)11(21)22/h7,10H,2-4,13H2,1H3,(H,21,22)/t7?,10-/m0/s1. The normalized spacial score (nSPS) is 22.5. The predicted molar refractivity (Wildman–Crippen MR) is 86.3 cm³/mol. The van der Waals surface area contributed by atoms with Crippen LogP contribution >= 0.6 is 23.5 Å². The number of carbonyl (C=O) groups excluding carboxylic acids is 2. The molecule has 1 unspecified atom stereocenters. The molecule has 0 saturated carbocycles. The number of nitrogens with two attached hydrogens (primary N) is 1. The molecule has 2 aliphatic rings. The second-order valence-electron chi connectivity index (χ2n) is 5.18. The number of fused-ring (bicyclic) bond motifs is 1. The SMILES string of the molecule is COC(=O)Cn1nnnc1SCC1=C(C(=O)O)N2C(=O)C(N)[C@@H]2SC1. The Morgan fingerprint density at radius 2 is 2.28 bits per heavy atom. The quantitative estimate of drug-likeness (QED) is 0.334. The minimum Gasteiger partial charge on any atom is -0.477 e. The van der Waals surface area contributed by atoms with Crippen molar-refractivity contribution in [1.29, 1.82) is 0 Å². The number of carboxylic acids is 1. The first-order chi connectivity index (χ1) is 11.9. The van der Waals surface area contributed by atoms with Gasteiger partial charge in [0.25, 0.3) is 0 Å². The van der Waals surface area contributed by atoms with Crippen LogP contribution in [0.15, 0.2) is 16.4 Å². The molecule has 0 aromatic carbocycles. The van der Waals surface area contributed by atoms with Gasteiger partial charge >= 0.3 is 11.9 Å². The van der Waals surface area contributed by atoms with Crippen LogP contribution in [0.1, 0.15) is 0 Å². The van der Waals surface area contributed by atoms with Gasteiger partial charge in [0, 0.05) is 11.5 Å². The Kier molecular flexibility index (Phi) is 4.96. The molecule has 134 valence electrons. The fraction of sp³-hybridized carbons (Fsp3) is 0.500. The van der Waals surface area contributed by atoms with Gasteiger partial charge in [-0.2, -0.15) is 0 Å². The number of nitrogens with zero attached hydrogens (tertiary/aromatic N) is 5. The molecule has 1 fully saturated rings. The Morgan fingerprint density at radius 1 is 1.52 bits per heavy atom. The van der Waals surface area contributed by atoms with Crippen LogP contribution in [-0.2, 0) is 25.7 Å². The first-order valence-corrected chi connectivity index (χ1v) is 9.08. The van der Waals surface area contributed by atoms with E-state index in [2.05, 4.69) is 20.3 Å². The van der Waals surface area contributed by atoms with Gasteiger partial charge in [-0.1, -0.05) is 11.8 Å². The summed E-state index contributed by atoms with van der Waals surface area (Å²) in [4.78, 5) is 36.1. The summed E-state index contributed by atoms with van der Waals surface area (Å²) >= 11 is 2.60. The van der Waals surface area contributed by atoms with Crippen LogP contribution < -0.4 is 5.73 Å². The highest BCUT2D eigenvalue weighted by Crippen LogP contribution is 2.40. The zero-order valence-corrected chi connectivity index (χ0v) is 14.6. The number of ether oxygens (including phenoxy) is 1. The molecule has 0 spiro atoms. The third-order valence-electron chi connectivity index (χ3n) is 3.67.